The fourth-order valence-electron chi connectivity index (χ4n) is 2.24. The SMILES string of the molecule is O=C(NCCOc1ccc2c(c1)OCO2)c1cccc(B(O)O)c1. The topological polar surface area (TPSA) is 97.3 Å². The number of nitrogens with one attached hydrogen (secondary N) is 1. The maximum Gasteiger partial charge on any atom is 0.488 e. The van der Waals surface area contributed by atoms with Crippen molar-refractivity contribution in [3.63, 3.8) is 0 Å². The minimum absolute atomic E-state index is 0.205. The Balaban J connectivity index is 1.48. The second kappa shape index (κ2) is 7.24. The minimum atomic E-state index is -1.60. The molecule has 1 aliphatic heterocycles. The first kappa shape index (κ1) is 16.2. The Morgan fingerprint density at radius 2 is 2.00 bits per heavy atom. The zero-order valence-corrected chi connectivity index (χ0v) is 12.8. The van der Waals surface area contributed by atoms with Gasteiger partial charge in [0, 0.05) is 11.6 Å². The molecule has 124 valence electrons. The third-order valence-corrected chi connectivity index (χ3v) is 3.45. The number of ether oxygens (including phenoxy) is 3. The van der Waals surface area contributed by atoms with E-state index in [2.05, 4.69) is 5.32 Å². The average Bonchev–Trinajstić information content (AvgIpc) is 3.06. The van der Waals surface area contributed by atoms with Crippen LogP contribution < -0.4 is 25.0 Å². The number of rotatable bonds is 6. The van der Waals surface area contributed by atoms with Crippen LogP contribution in [0, 0.1) is 0 Å². The average molecular weight is 329 g/mol. The third-order valence-electron chi connectivity index (χ3n) is 3.45. The van der Waals surface area contributed by atoms with Crippen LogP contribution in [-0.2, 0) is 0 Å². The van der Waals surface area contributed by atoms with Crippen LogP contribution in [-0.4, -0.2) is 43.0 Å². The van der Waals surface area contributed by atoms with E-state index in [1.165, 1.54) is 12.1 Å². The van der Waals surface area contributed by atoms with E-state index in [9.17, 15) is 4.79 Å². The number of carbonyl (C=O) groups excluding carboxylic acids is 1. The van der Waals surface area contributed by atoms with Gasteiger partial charge in [0.1, 0.15) is 12.4 Å². The van der Waals surface area contributed by atoms with Crippen molar-refractivity contribution in [1.29, 1.82) is 0 Å². The van der Waals surface area contributed by atoms with E-state index in [0.29, 0.717) is 29.4 Å². The molecule has 0 unspecified atom stereocenters. The highest BCUT2D eigenvalue weighted by Crippen LogP contribution is 2.34. The monoisotopic (exact) mass is 329 g/mol. The number of carbonyl (C=O) groups is 1. The summed E-state index contributed by atoms with van der Waals surface area (Å²) in [6.07, 6.45) is 0. The summed E-state index contributed by atoms with van der Waals surface area (Å²) in [5, 5.41) is 20.9. The van der Waals surface area contributed by atoms with Gasteiger partial charge in [-0.15, -0.1) is 0 Å². The minimum Gasteiger partial charge on any atom is -0.492 e. The Hall–Kier alpha value is -2.71. The van der Waals surface area contributed by atoms with Gasteiger partial charge in [-0.1, -0.05) is 12.1 Å². The molecule has 24 heavy (non-hydrogen) atoms. The van der Waals surface area contributed by atoms with Crippen LogP contribution in [0.3, 0.4) is 0 Å². The molecule has 3 rings (SSSR count). The Kier molecular flexibility index (Phi) is 4.88. The van der Waals surface area contributed by atoms with Crippen molar-refractivity contribution in [2.45, 2.75) is 0 Å². The van der Waals surface area contributed by atoms with E-state index >= 15 is 0 Å². The van der Waals surface area contributed by atoms with E-state index in [-0.39, 0.29) is 24.8 Å². The molecule has 0 radical (unpaired) electrons. The fourth-order valence-corrected chi connectivity index (χ4v) is 2.24. The van der Waals surface area contributed by atoms with Crippen molar-refractivity contribution in [3.8, 4) is 17.2 Å². The molecule has 3 N–H and O–H groups in total. The summed E-state index contributed by atoms with van der Waals surface area (Å²) < 4.78 is 16.0. The van der Waals surface area contributed by atoms with E-state index in [1.807, 2.05) is 0 Å². The lowest BCUT2D eigenvalue weighted by atomic mass is 9.79. The van der Waals surface area contributed by atoms with Crippen LogP contribution in [0.25, 0.3) is 0 Å². The Bertz CT molecular complexity index is 736. The van der Waals surface area contributed by atoms with Crippen molar-refractivity contribution in [2.24, 2.45) is 0 Å². The van der Waals surface area contributed by atoms with Gasteiger partial charge in [-0.3, -0.25) is 4.79 Å². The molecule has 8 heteroatoms. The van der Waals surface area contributed by atoms with Gasteiger partial charge in [0.25, 0.3) is 5.91 Å². The molecule has 0 aromatic heterocycles. The standard InChI is InChI=1S/C16H16BNO6/c19-16(11-2-1-3-12(8-11)17(20)21)18-6-7-22-13-4-5-14-15(9-13)24-10-23-14/h1-5,8-9,20-21H,6-7,10H2,(H,18,19). The molecule has 0 atom stereocenters. The van der Waals surface area contributed by atoms with E-state index < -0.39 is 7.12 Å². The molecule has 0 spiro atoms. The first-order valence-electron chi connectivity index (χ1n) is 7.40. The molecule has 1 aliphatic rings. The van der Waals surface area contributed by atoms with Gasteiger partial charge in [0.2, 0.25) is 6.79 Å². The summed E-state index contributed by atoms with van der Waals surface area (Å²) in [4.78, 5) is 12.0. The molecule has 0 saturated heterocycles. The highest BCUT2D eigenvalue weighted by Gasteiger charge is 2.14. The van der Waals surface area contributed by atoms with Crippen LogP contribution in [0.2, 0.25) is 0 Å². The van der Waals surface area contributed by atoms with Gasteiger partial charge in [0.05, 0.1) is 6.54 Å². The number of hydrogen-bond donors (Lipinski definition) is 3. The molecule has 0 saturated carbocycles. The quantitative estimate of drug-likeness (QED) is 0.506. The van der Waals surface area contributed by atoms with Crippen molar-refractivity contribution in [1.82, 2.24) is 5.32 Å². The van der Waals surface area contributed by atoms with Crippen molar-refractivity contribution in [2.75, 3.05) is 19.9 Å². The summed E-state index contributed by atoms with van der Waals surface area (Å²) in [7, 11) is -1.60. The summed E-state index contributed by atoms with van der Waals surface area (Å²) in [5.74, 6) is 1.63. The molecular weight excluding hydrogens is 313 g/mol. The van der Waals surface area contributed by atoms with Crippen molar-refractivity contribution >= 4 is 18.5 Å². The van der Waals surface area contributed by atoms with Crippen LogP contribution in [0.15, 0.2) is 42.5 Å². The molecule has 0 aliphatic carbocycles. The van der Waals surface area contributed by atoms with Gasteiger partial charge >= 0.3 is 7.12 Å². The highest BCUT2D eigenvalue weighted by molar-refractivity contribution is 6.58. The molecule has 0 bridgehead atoms. The Morgan fingerprint density at radius 1 is 1.17 bits per heavy atom. The Labute approximate surface area is 138 Å². The van der Waals surface area contributed by atoms with Gasteiger partial charge in [-0.2, -0.15) is 0 Å². The van der Waals surface area contributed by atoms with Gasteiger partial charge < -0.3 is 29.6 Å². The summed E-state index contributed by atoms with van der Waals surface area (Å²) in [6, 6.07) is 11.4. The van der Waals surface area contributed by atoms with E-state index in [4.69, 9.17) is 24.3 Å². The van der Waals surface area contributed by atoms with Crippen LogP contribution >= 0.6 is 0 Å². The predicted octanol–water partition coefficient (Wildman–Crippen LogP) is -0.0961. The third kappa shape index (κ3) is 3.79. The fraction of sp³-hybridized carbons (Fsp3) is 0.188. The van der Waals surface area contributed by atoms with E-state index in [1.54, 1.807) is 30.3 Å². The molecule has 7 nitrogen and oxygen atoms in total. The Morgan fingerprint density at radius 3 is 2.83 bits per heavy atom. The molecule has 1 heterocycles. The first-order chi connectivity index (χ1) is 11.6. The zero-order valence-electron chi connectivity index (χ0n) is 12.8. The lowest BCUT2D eigenvalue weighted by Gasteiger charge is -2.09. The lowest BCUT2D eigenvalue weighted by molar-refractivity contribution is 0.0947. The maximum atomic E-state index is 12.0. The van der Waals surface area contributed by atoms with Gasteiger partial charge in [0.15, 0.2) is 11.5 Å². The van der Waals surface area contributed by atoms with Crippen LogP contribution in [0.4, 0.5) is 0 Å². The molecular formula is C16H16BNO6. The normalized spacial score (nSPS) is 11.9. The predicted molar refractivity (Wildman–Crippen MR) is 86.7 cm³/mol. The summed E-state index contributed by atoms with van der Waals surface area (Å²) >= 11 is 0. The highest BCUT2D eigenvalue weighted by atomic mass is 16.7. The number of amides is 1. The number of benzene rings is 2. The van der Waals surface area contributed by atoms with Gasteiger partial charge in [-0.05, 0) is 29.7 Å². The van der Waals surface area contributed by atoms with Crippen molar-refractivity contribution < 1.29 is 29.1 Å². The zero-order chi connectivity index (χ0) is 16.9. The first-order valence-corrected chi connectivity index (χ1v) is 7.40. The molecule has 2 aromatic carbocycles. The molecule has 0 fully saturated rings. The number of fused-ring (bicyclic) bond motifs is 1. The summed E-state index contributed by atoms with van der Waals surface area (Å²) in [5.41, 5.74) is 0.614. The summed E-state index contributed by atoms with van der Waals surface area (Å²) in [6.45, 7) is 0.795. The maximum absolute atomic E-state index is 12.0. The number of hydrogen-bond acceptors (Lipinski definition) is 6. The van der Waals surface area contributed by atoms with Crippen LogP contribution in [0.1, 0.15) is 10.4 Å². The van der Waals surface area contributed by atoms with Crippen LogP contribution in [0.5, 0.6) is 17.2 Å². The smallest absolute Gasteiger partial charge is 0.488 e. The molecule has 1 amide bonds. The largest absolute Gasteiger partial charge is 0.492 e. The molecule has 2 aromatic rings. The lowest BCUT2D eigenvalue weighted by Crippen LogP contribution is -2.32. The van der Waals surface area contributed by atoms with E-state index in [0.717, 1.165) is 0 Å². The second-order valence-electron chi connectivity index (χ2n) is 5.12. The van der Waals surface area contributed by atoms with Gasteiger partial charge in [-0.25, -0.2) is 0 Å². The second-order valence-corrected chi connectivity index (χ2v) is 5.12. The van der Waals surface area contributed by atoms with Crippen molar-refractivity contribution in [3.05, 3.63) is 48.0 Å².